The van der Waals surface area contributed by atoms with Gasteiger partial charge in [-0.2, -0.15) is 13.2 Å². The monoisotopic (exact) mass is 252 g/mol. The van der Waals surface area contributed by atoms with E-state index in [0.717, 1.165) is 0 Å². The fourth-order valence-corrected chi connectivity index (χ4v) is 1.70. The molecule has 0 aliphatic rings. The summed E-state index contributed by atoms with van der Waals surface area (Å²) >= 11 is 5.71. The van der Waals surface area contributed by atoms with Gasteiger partial charge in [-0.3, -0.25) is 0 Å². The smallest absolute Gasteiger partial charge is 0.388 e. The van der Waals surface area contributed by atoms with Crippen LogP contribution in [-0.4, -0.2) is 11.3 Å². The molecule has 1 unspecified atom stereocenters. The second kappa shape index (κ2) is 5.06. The van der Waals surface area contributed by atoms with E-state index in [0.29, 0.717) is 16.1 Å². The van der Waals surface area contributed by atoms with Crippen molar-refractivity contribution in [1.82, 2.24) is 0 Å². The number of halogens is 4. The fourth-order valence-electron chi connectivity index (χ4n) is 1.47. The zero-order valence-corrected chi connectivity index (χ0v) is 9.44. The quantitative estimate of drug-likeness (QED) is 0.861. The van der Waals surface area contributed by atoms with Crippen molar-refractivity contribution in [3.8, 4) is 0 Å². The third-order valence-corrected chi connectivity index (χ3v) is 2.53. The van der Waals surface area contributed by atoms with E-state index in [4.69, 9.17) is 11.6 Å². The highest BCUT2D eigenvalue weighted by atomic mass is 35.5. The summed E-state index contributed by atoms with van der Waals surface area (Å²) in [6, 6.07) is 4.73. The molecule has 1 rings (SSSR count). The second-order valence-corrected chi connectivity index (χ2v) is 4.11. The molecule has 16 heavy (non-hydrogen) atoms. The number of rotatable bonds is 3. The lowest BCUT2D eigenvalue weighted by molar-refractivity contribution is -0.140. The van der Waals surface area contributed by atoms with Crippen molar-refractivity contribution in [3.05, 3.63) is 34.3 Å². The number of aryl methyl sites for hydroxylation is 1. The third kappa shape index (κ3) is 4.02. The van der Waals surface area contributed by atoms with Crippen LogP contribution in [0.2, 0.25) is 5.02 Å². The van der Waals surface area contributed by atoms with Gasteiger partial charge >= 0.3 is 6.18 Å². The molecule has 0 radical (unpaired) electrons. The van der Waals surface area contributed by atoms with Crippen LogP contribution < -0.4 is 0 Å². The van der Waals surface area contributed by atoms with Crippen LogP contribution in [0.3, 0.4) is 0 Å². The molecule has 1 atom stereocenters. The van der Waals surface area contributed by atoms with Crippen LogP contribution in [0.15, 0.2) is 18.2 Å². The van der Waals surface area contributed by atoms with E-state index in [2.05, 4.69) is 0 Å². The molecule has 1 nitrogen and oxygen atoms in total. The minimum absolute atomic E-state index is 0.327. The first-order chi connectivity index (χ1) is 7.29. The van der Waals surface area contributed by atoms with Gasteiger partial charge in [-0.25, -0.2) is 0 Å². The van der Waals surface area contributed by atoms with Gasteiger partial charge in [0.15, 0.2) is 0 Å². The zero-order valence-electron chi connectivity index (χ0n) is 8.68. The highest BCUT2D eigenvalue weighted by molar-refractivity contribution is 6.30. The normalized spacial score (nSPS) is 13.9. The van der Waals surface area contributed by atoms with Gasteiger partial charge in [0.2, 0.25) is 0 Å². The number of alkyl halides is 3. The first kappa shape index (κ1) is 13.3. The van der Waals surface area contributed by atoms with E-state index in [1.165, 1.54) is 0 Å². The minimum atomic E-state index is -4.23. The van der Waals surface area contributed by atoms with E-state index in [9.17, 15) is 18.3 Å². The third-order valence-electron chi connectivity index (χ3n) is 2.29. The lowest BCUT2D eigenvalue weighted by Crippen LogP contribution is -2.10. The number of hydrogen-bond acceptors (Lipinski definition) is 1. The lowest BCUT2D eigenvalue weighted by Gasteiger charge is -2.15. The summed E-state index contributed by atoms with van der Waals surface area (Å²) in [5, 5.41) is 10.1. The molecule has 90 valence electrons. The summed E-state index contributed by atoms with van der Waals surface area (Å²) < 4.78 is 35.9. The Kier molecular flexibility index (Phi) is 4.21. The van der Waals surface area contributed by atoms with Crippen LogP contribution in [0.5, 0.6) is 0 Å². The molecule has 0 heterocycles. The van der Waals surface area contributed by atoms with Crippen LogP contribution in [0, 0.1) is 6.92 Å². The minimum Gasteiger partial charge on any atom is -0.388 e. The molecule has 1 aromatic carbocycles. The van der Waals surface area contributed by atoms with E-state index in [1.54, 1.807) is 25.1 Å². The second-order valence-electron chi connectivity index (χ2n) is 3.67. The molecule has 1 N–H and O–H groups in total. The van der Waals surface area contributed by atoms with Crippen molar-refractivity contribution in [2.45, 2.75) is 32.0 Å². The maximum Gasteiger partial charge on any atom is 0.389 e. The standard InChI is InChI=1S/C11H12ClF3O/c1-7-6-8(12)2-3-9(7)10(16)4-5-11(13,14)15/h2-3,6,10,16H,4-5H2,1H3. The van der Waals surface area contributed by atoms with Gasteiger partial charge in [-0.1, -0.05) is 17.7 Å². The molecule has 0 saturated carbocycles. The van der Waals surface area contributed by atoms with Crippen LogP contribution in [0.25, 0.3) is 0 Å². The van der Waals surface area contributed by atoms with Gasteiger partial charge in [-0.15, -0.1) is 0 Å². The molecule has 0 aliphatic heterocycles. The Morgan fingerprint density at radius 1 is 1.38 bits per heavy atom. The Bertz CT molecular complexity index is 363. The number of aliphatic hydroxyl groups excluding tert-OH is 1. The Balaban J connectivity index is 2.70. The molecular weight excluding hydrogens is 241 g/mol. The average molecular weight is 253 g/mol. The maximum absolute atomic E-state index is 12.0. The fraction of sp³-hybridized carbons (Fsp3) is 0.455. The van der Waals surface area contributed by atoms with Crippen molar-refractivity contribution in [2.75, 3.05) is 0 Å². The Morgan fingerprint density at radius 2 is 2.00 bits per heavy atom. The van der Waals surface area contributed by atoms with Crippen LogP contribution in [-0.2, 0) is 0 Å². The molecule has 0 saturated heterocycles. The summed E-state index contributed by atoms with van der Waals surface area (Å²) in [4.78, 5) is 0. The van der Waals surface area contributed by atoms with E-state index < -0.39 is 18.7 Å². The highest BCUT2D eigenvalue weighted by Gasteiger charge is 2.28. The Hall–Kier alpha value is -0.740. The Morgan fingerprint density at radius 3 is 2.50 bits per heavy atom. The number of aliphatic hydroxyl groups is 1. The maximum atomic E-state index is 12.0. The van der Waals surface area contributed by atoms with Crippen molar-refractivity contribution in [3.63, 3.8) is 0 Å². The molecular formula is C11H12ClF3O. The van der Waals surface area contributed by atoms with E-state index in [1.807, 2.05) is 0 Å². The topological polar surface area (TPSA) is 20.2 Å². The molecule has 0 bridgehead atoms. The van der Waals surface area contributed by atoms with Crippen LogP contribution in [0.4, 0.5) is 13.2 Å². The molecule has 0 fully saturated rings. The Labute approximate surface area is 96.9 Å². The number of hydrogen-bond donors (Lipinski definition) is 1. The van der Waals surface area contributed by atoms with Crippen molar-refractivity contribution < 1.29 is 18.3 Å². The molecule has 0 aliphatic carbocycles. The predicted octanol–water partition coefficient (Wildman–Crippen LogP) is 4.02. The van der Waals surface area contributed by atoms with Gasteiger partial charge < -0.3 is 5.11 Å². The highest BCUT2D eigenvalue weighted by Crippen LogP contribution is 2.29. The molecule has 0 aromatic heterocycles. The SMILES string of the molecule is Cc1cc(Cl)ccc1C(O)CCC(F)(F)F. The van der Waals surface area contributed by atoms with E-state index >= 15 is 0 Å². The average Bonchev–Trinajstić information content (AvgIpc) is 2.13. The van der Waals surface area contributed by atoms with Crippen molar-refractivity contribution in [2.24, 2.45) is 0 Å². The first-order valence-electron chi connectivity index (χ1n) is 4.80. The van der Waals surface area contributed by atoms with E-state index in [-0.39, 0.29) is 6.42 Å². The summed E-state index contributed by atoms with van der Waals surface area (Å²) in [6.45, 7) is 1.71. The summed E-state index contributed by atoms with van der Waals surface area (Å²) in [6.07, 6.45) is -6.65. The first-order valence-corrected chi connectivity index (χ1v) is 5.18. The largest absolute Gasteiger partial charge is 0.389 e. The van der Waals surface area contributed by atoms with Gasteiger partial charge in [0.05, 0.1) is 6.10 Å². The molecule has 1 aromatic rings. The van der Waals surface area contributed by atoms with Crippen LogP contribution >= 0.6 is 11.6 Å². The van der Waals surface area contributed by atoms with Gasteiger partial charge in [0, 0.05) is 11.4 Å². The molecule has 5 heteroatoms. The van der Waals surface area contributed by atoms with Gasteiger partial charge in [-0.05, 0) is 36.6 Å². The van der Waals surface area contributed by atoms with Crippen LogP contribution in [0.1, 0.15) is 30.1 Å². The predicted molar refractivity (Wildman–Crippen MR) is 56.4 cm³/mol. The lowest BCUT2D eigenvalue weighted by atomic mass is 10.00. The van der Waals surface area contributed by atoms with Crippen molar-refractivity contribution in [1.29, 1.82) is 0 Å². The zero-order chi connectivity index (χ0) is 12.3. The number of benzene rings is 1. The summed E-state index contributed by atoms with van der Waals surface area (Å²) in [5.74, 6) is 0. The summed E-state index contributed by atoms with van der Waals surface area (Å²) in [7, 11) is 0. The van der Waals surface area contributed by atoms with Gasteiger partial charge in [0.1, 0.15) is 0 Å². The van der Waals surface area contributed by atoms with Crippen molar-refractivity contribution >= 4 is 11.6 Å². The van der Waals surface area contributed by atoms with Gasteiger partial charge in [0.25, 0.3) is 0 Å². The molecule has 0 spiro atoms. The molecule has 0 amide bonds. The summed E-state index contributed by atoms with van der Waals surface area (Å²) in [5.41, 5.74) is 1.19.